The fraction of sp³-hybridized carbons (Fsp3) is 0.667. The molecule has 0 amide bonds. The van der Waals surface area contributed by atoms with Crippen molar-refractivity contribution in [3.05, 3.63) is 0 Å². The van der Waals surface area contributed by atoms with E-state index in [4.69, 9.17) is 26.8 Å². The number of hydrogen-bond acceptors (Lipinski definition) is 5. The van der Waals surface area contributed by atoms with Gasteiger partial charge in [-0.25, -0.2) is 0 Å². The first kappa shape index (κ1) is 17.7. The monoisotopic (exact) mass is 250 g/mol. The van der Waals surface area contributed by atoms with Gasteiger partial charge in [0, 0.05) is 0 Å². The zero-order valence-electron chi connectivity index (χ0n) is 9.50. The van der Waals surface area contributed by atoms with Crippen molar-refractivity contribution < 1.29 is 29.7 Å². The summed E-state index contributed by atoms with van der Waals surface area (Å²) < 4.78 is 0. The molecule has 0 spiro atoms. The number of carboxylic acid groups (broad SMARTS) is 3. The van der Waals surface area contributed by atoms with Crippen LogP contribution in [0.25, 0.3) is 0 Å². The Balaban J connectivity index is 0. The van der Waals surface area contributed by atoms with Crippen molar-refractivity contribution in [3.63, 3.8) is 0 Å². The molecule has 0 saturated carbocycles. The van der Waals surface area contributed by atoms with Gasteiger partial charge in [-0.1, -0.05) is 13.3 Å². The molecule has 0 unspecified atom stereocenters. The topological polar surface area (TPSA) is 164 Å². The van der Waals surface area contributed by atoms with Crippen LogP contribution >= 0.6 is 0 Å². The maximum atomic E-state index is 9.96. The number of rotatable bonds is 6. The molecule has 8 heteroatoms. The van der Waals surface area contributed by atoms with E-state index in [-0.39, 0.29) is 0 Å². The molecule has 0 fully saturated rings. The van der Waals surface area contributed by atoms with Crippen molar-refractivity contribution in [2.75, 3.05) is 0 Å². The third-order valence-electron chi connectivity index (χ3n) is 1.63. The molecule has 0 heterocycles. The van der Waals surface area contributed by atoms with E-state index < -0.39 is 36.4 Å². The Morgan fingerprint density at radius 3 is 1.53 bits per heavy atom. The van der Waals surface area contributed by atoms with Gasteiger partial charge in [-0.3, -0.25) is 14.4 Å². The molecule has 100 valence electrons. The van der Waals surface area contributed by atoms with Crippen LogP contribution in [0.4, 0.5) is 0 Å². The number of carbonyl (C=O) groups is 3. The van der Waals surface area contributed by atoms with Crippen molar-refractivity contribution in [2.24, 2.45) is 11.5 Å². The minimum Gasteiger partial charge on any atom is -0.481 e. The molecular weight excluding hydrogens is 232 g/mol. The molecule has 0 aromatic heterocycles. The number of carboxylic acids is 3. The van der Waals surface area contributed by atoms with Crippen LogP contribution < -0.4 is 11.5 Å². The number of nitrogens with two attached hydrogens (primary N) is 2. The van der Waals surface area contributed by atoms with Crippen molar-refractivity contribution in [1.82, 2.24) is 0 Å². The van der Waals surface area contributed by atoms with Crippen molar-refractivity contribution >= 4 is 17.9 Å². The summed E-state index contributed by atoms with van der Waals surface area (Å²) in [6.07, 6.45) is 0.859. The second-order valence-electron chi connectivity index (χ2n) is 3.28. The van der Waals surface area contributed by atoms with E-state index in [2.05, 4.69) is 0 Å². The lowest BCUT2D eigenvalue weighted by atomic mass is 10.2. The Morgan fingerprint density at radius 1 is 1.00 bits per heavy atom. The van der Waals surface area contributed by atoms with E-state index in [0.29, 0.717) is 6.42 Å². The van der Waals surface area contributed by atoms with Crippen molar-refractivity contribution in [2.45, 2.75) is 38.3 Å². The van der Waals surface area contributed by atoms with Crippen molar-refractivity contribution in [1.29, 1.82) is 0 Å². The summed E-state index contributed by atoms with van der Waals surface area (Å²) in [6, 6.07) is -1.96. The quantitative estimate of drug-likeness (QED) is 0.403. The third-order valence-corrected chi connectivity index (χ3v) is 1.63. The molecule has 0 rings (SSSR count). The molecule has 0 saturated heterocycles. The van der Waals surface area contributed by atoms with E-state index in [9.17, 15) is 14.4 Å². The summed E-state index contributed by atoms with van der Waals surface area (Å²) in [5.41, 5.74) is 9.96. The highest BCUT2D eigenvalue weighted by atomic mass is 16.4. The van der Waals surface area contributed by atoms with Crippen LogP contribution in [0.3, 0.4) is 0 Å². The van der Waals surface area contributed by atoms with E-state index >= 15 is 0 Å². The van der Waals surface area contributed by atoms with Crippen LogP contribution in [0.2, 0.25) is 0 Å². The van der Waals surface area contributed by atoms with E-state index in [0.717, 1.165) is 6.42 Å². The Hall–Kier alpha value is -1.67. The predicted molar refractivity (Wildman–Crippen MR) is 58.4 cm³/mol. The minimum atomic E-state index is -1.29. The Kier molecular flexibility index (Phi) is 9.95. The predicted octanol–water partition coefficient (Wildman–Crippen LogP) is -0.929. The lowest BCUT2D eigenvalue weighted by Crippen LogP contribution is -2.32. The molecule has 0 aromatic carbocycles. The zero-order valence-corrected chi connectivity index (χ0v) is 9.50. The van der Waals surface area contributed by atoms with Gasteiger partial charge in [-0.05, 0) is 6.42 Å². The lowest BCUT2D eigenvalue weighted by molar-refractivity contribution is -0.144. The van der Waals surface area contributed by atoms with E-state index in [1.807, 2.05) is 6.92 Å². The first-order valence-electron chi connectivity index (χ1n) is 4.90. The largest absolute Gasteiger partial charge is 0.481 e. The highest BCUT2D eigenvalue weighted by Crippen LogP contribution is 1.91. The summed E-state index contributed by atoms with van der Waals surface area (Å²) in [6.45, 7) is 1.91. The number of aliphatic carboxylic acids is 3. The Morgan fingerprint density at radius 2 is 1.41 bits per heavy atom. The summed E-state index contributed by atoms with van der Waals surface area (Å²) in [4.78, 5) is 29.6. The summed E-state index contributed by atoms with van der Waals surface area (Å²) in [7, 11) is 0. The fourth-order valence-electron chi connectivity index (χ4n) is 0.710. The van der Waals surface area contributed by atoms with Gasteiger partial charge in [0.1, 0.15) is 12.1 Å². The molecule has 0 radical (unpaired) electrons. The molecule has 0 aliphatic carbocycles. The number of hydrogen-bond donors (Lipinski definition) is 5. The summed E-state index contributed by atoms with van der Waals surface area (Å²) in [5.74, 6) is -3.41. The molecule has 0 aromatic rings. The average molecular weight is 250 g/mol. The third kappa shape index (κ3) is 12.3. The molecule has 7 N–H and O–H groups in total. The van der Waals surface area contributed by atoms with Crippen molar-refractivity contribution in [3.8, 4) is 0 Å². The average Bonchev–Trinajstić information content (AvgIpc) is 2.17. The lowest BCUT2D eigenvalue weighted by Gasteiger charge is -2.00. The van der Waals surface area contributed by atoms with Crippen LogP contribution in [-0.2, 0) is 14.4 Å². The minimum absolute atomic E-state index is 0.532. The summed E-state index contributed by atoms with van der Waals surface area (Å²) >= 11 is 0. The van der Waals surface area contributed by atoms with Crippen LogP contribution in [0, 0.1) is 0 Å². The van der Waals surface area contributed by atoms with Gasteiger partial charge in [0.05, 0.1) is 6.42 Å². The standard InChI is InChI=1S/C5H11NO2.C4H7NO4/c1-2-3-4(6)5(7)8;5-2(4(8)9)1-3(6)7/h4H,2-3,6H2,1H3,(H,7,8);2H,1,5H2,(H,6,7)(H,8,9)/t4-;2-/m00/s1. The van der Waals surface area contributed by atoms with Crippen LogP contribution in [-0.4, -0.2) is 45.3 Å². The molecule has 0 aliphatic rings. The zero-order chi connectivity index (χ0) is 14.0. The molecule has 17 heavy (non-hydrogen) atoms. The molecule has 0 bridgehead atoms. The normalized spacial score (nSPS) is 12.9. The first-order chi connectivity index (χ1) is 7.72. The second kappa shape index (κ2) is 9.55. The fourth-order valence-corrected chi connectivity index (χ4v) is 0.710. The van der Waals surface area contributed by atoms with Gasteiger partial charge in [-0.15, -0.1) is 0 Å². The molecule has 8 nitrogen and oxygen atoms in total. The van der Waals surface area contributed by atoms with Gasteiger partial charge >= 0.3 is 17.9 Å². The van der Waals surface area contributed by atoms with Gasteiger partial charge in [0.15, 0.2) is 0 Å². The second-order valence-corrected chi connectivity index (χ2v) is 3.28. The summed E-state index contributed by atoms with van der Waals surface area (Å²) in [5, 5.41) is 24.2. The highest BCUT2D eigenvalue weighted by molar-refractivity contribution is 5.80. The molecular formula is C9H18N2O6. The van der Waals surface area contributed by atoms with Gasteiger partial charge in [0.25, 0.3) is 0 Å². The van der Waals surface area contributed by atoms with Crippen LogP contribution in [0.5, 0.6) is 0 Å². The smallest absolute Gasteiger partial charge is 0.321 e. The van der Waals surface area contributed by atoms with E-state index in [1.54, 1.807) is 0 Å². The Labute approximate surface area is 98.2 Å². The maximum Gasteiger partial charge on any atom is 0.321 e. The first-order valence-corrected chi connectivity index (χ1v) is 4.90. The van der Waals surface area contributed by atoms with E-state index in [1.165, 1.54) is 0 Å². The molecule has 0 aliphatic heterocycles. The molecule has 2 atom stereocenters. The highest BCUT2D eigenvalue weighted by Gasteiger charge is 2.14. The van der Waals surface area contributed by atoms with Crippen LogP contribution in [0.1, 0.15) is 26.2 Å². The Bertz CT molecular complexity index is 268. The van der Waals surface area contributed by atoms with Crippen LogP contribution in [0.15, 0.2) is 0 Å². The SMILES string of the molecule is CCC[C@H](N)C(=O)O.N[C@@H](CC(=O)O)C(=O)O. The van der Waals surface area contributed by atoms with Gasteiger partial charge in [-0.2, -0.15) is 0 Å². The van der Waals surface area contributed by atoms with Gasteiger partial charge < -0.3 is 26.8 Å². The van der Waals surface area contributed by atoms with Gasteiger partial charge in [0.2, 0.25) is 0 Å². The maximum absolute atomic E-state index is 9.96.